The molecule has 1 unspecified atom stereocenters. The molecule has 0 aromatic carbocycles. The van der Waals surface area contributed by atoms with Gasteiger partial charge in [0.15, 0.2) is 0 Å². The fourth-order valence-corrected chi connectivity index (χ4v) is 2.41. The molecule has 0 bridgehead atoms. The second kappa shape index (κ2) is 4.59. The number of nitrogens with two attached hydrogens (primary N) is 1. The van der Waals surface area contributed by atoms with Crippen molar-refractivity contribution in [3.63, 3.8) is 0 Å². The minimum Gasteiger partial charge on any atom is -0.409 e. The first-order valence-electron chi connectivity index (χ1n) is 5.93. The molecule has 1 saturated carbocycles. The third-order valence-electron chi connectivity index (χ3n) is 3.69. The van der Waals surface area contributed by atoms with Gasteiger partial charge in [-0.05, 0) is 25.2 Å². The largest absolute Gasteiger partial charge is 0.409 e. The van der Waals surface area contributed by atoms with E-state index in [1.165, 1.54) is 12.8 Å². The summed E-state index contributed by atoms with van der Waals surface area (Å²) in [4.78, 5) is 2.46. The average molecular weight is 227 g/mol. The van der Waals surface area contributed by atoms with Crippen LogP contribution in [0.3, 0.4) is 0 Å². The lowest BCUT2D eigenvalue weighted by Crippen LogP contribution is -2.46. The van der Waals surface area contributed by atoms with E-state index >= 15 is 0 Å². The van der Waals surface area contributed by atoms with Gasteiger partial charge < -0.3 is 15.7 Å². The molecular weight excluding hydrogens is 206 g/mol. The van der Waals surface area contributed by atoms with Gasteiger partial charge in [0.2, 0.25) is 0 Å². The molecule has 1 saturated heterocycles. The highest BCUT2D eigenvalue weighted by Gasteiger charge is 2.45. The molecule has 1 aliphatic carbocycles. The first-order valence-corrected chi connectivity index (χ1v) is 5.93. The Hall–Kier alpha value is -0.810. The summed E-state index contributed by atoms with van der Waals surface area (Å²) in [5.41, 5.74) is 5.86. The average Bonchev–Trinajstić information content (AvgIpc) is 3.01. The zero-order chi connectivity index (χ0) is 11.6. The lowest BCUT2D eigenvalue weighted by molar-refractivity contribution is -0.00900. The maximum Gasteiger partial charge on any atom is 0.139 e. The van der Waals surface area contributed by atoms with Crippen molar-refractivity contribution < 1.29 is 9.94 Å². The highest BCUT2D eigenvalue weighted by molar-refractivity contribution is 5.80. The van der Waals surface area contributed by atoms with Gasteiger partial charge in [0.25, 0.3) is 0 Å². The van der Waals surface area contributed by atoms with E-state index in [0.29, 0.717) is 18.3 Å². The lowest BCUT2D eigenvalue weighted by atomic mass is 10.00. The van der Waals surface area contributed by atoms with Crippen molar-refractivity contribution >= 4 is 5.84 Å². The SMILES string of the molecule is CC1COCCN1CC1(CC(N)=NO)CC1. The van der Waals surface area contributed by atoms with Gasteiger partial charge in [-0.15, -0.1) is 0 Å². The summed E-state index contributed by atoms with van der Waals surface area (Å²) in [6.45, 7) is 5.88. The van der Waals surface area contributed by atoms with Crippen molar-refractivity contribution in [2.24, 2.45) is 16.3 Å². The molecule has 2 fully saturated rings. The fourth-order valence-electron chi connectivity index (χ4n) is 2.41. The van der Waals surface area contributed by atoms with Crippen LogP contribution in [0.25, 0.3) is 0 Å². The van der Waals surface area contributed by atoms with E-state index in [-0.39, 0.29) is 5.41 Å². The van der Waals surface area contributed by atoms with Crippen molar-refractivity contribution in [3.05, 3.63) is 0 Å². The summed E-state index contributed by atoms with van der Waals surface area (Å²) in [5, 5.41) is 11.7. The van der Waals surface area contributed by atoms with Crippen LogP contribution in [0, 0.1) is 5.41 Å². The van der Waals surface area contributed by atoms with Crippen molar-refractivity contribution in [1.82, 2.24) is 4.90 Å². The molecule has 2 aliphatic rings. The van der Waals surface area contributed by atoms with E-state index < -0.39 is 0 Å². The number of hydrogen-bond acceptors (Lipinski definition) is 4. The molecule has 1 atom stereocenters. The highest BCUT2D eigenvalue weighted by atomic mass is 16.5. The van der Waals surface area contributed by atoms with E-state index in [2.05, 4.69) is 17.0 Å². The lowest BCUT2D eigenvalue weighted by Gasteiger charge is -2.35. The maximum atomic E-state index is 8.61. The normalized spacial score (nSPS) is 30.3. The molecular formula is C11H21N3O2. The molecule has 5 nitrogen and oxygen atoms in total. The van der Waals surface area contributed by atoms with Gasteiger partial charge >= 0.3 is 0 Å². The second-order valence-corrected chi connectivity index (χ2v) is 5.16. The first-order chi connectivity index (χ1) is 7.65. The predicted molar refractivity (Wildman–Crippen MR) is 61.5 cm³/mol. The van der Waals surface area contributed by atoms with Crippen molar-refractivity contribution in [1.29, 1.82) is 0 Å². The van der Waals surface area contributed by atoms with Crippen LogP contribution in [-0.2, 0) is 4.74 Å². The van der Waals surface area contributed by atoms with Crippen LogP contribution in [0.2, 0.25) is 0 Å². The van der Waals surface area contributed by atoms with Gasteiger partial charge in [0.1, 0.15) is 5.84 Å². The minimum absolute atomic E-state index is 0.266. The van der Waals surface area contributed by atoms with Crippen LogP contribution in [0.15, 0.2) is 5.16 Å². The molecule has 0 aromatic heterocycles. The Morgan fingerprint density at radius 3 is 2.94 bits per heavy atom. The number of ether oxygens (including phenoxy) is 1. The molecule has 92 valence electrons. The molecule has 0 spiro atoms. The number of nitrogens with zero attached hydrogens (tertiary/aromatic N) is 2. The number of amidine groups is 1. The fraction of sp³-hybridized carbons (Fsp3) is 0.909. The summed E-state index contributed by atoms with van der Waals surface area (Å²) < 4.78 is 5.42. The Morgan fingerprint density at radius 1 is 1.62 bits per heavy atom. The van der Waals surface area contributed by atoms with E-state index in [1.54, 1.807) is 0 Å². The Balaban J connectivity index is 1.88. The van der Waals surface area contributed by atoms with E-state index in [4.69, 9.17) is 15.7 Å². The first kappa shape index (κ1) is 11.7. The third kappa shape index (κ3) is 2.65. The standard InChI is InChI=1S/C11H21N3O2/c1-9-7-16-5-4-14(9)8-11(2-3-11)6-10(12)13-15/h9,15H,2-8H2,1H3,(H2,12,13). The smallest absolute Gasteiger partial charge is 0.139 e. The van der Waals surface area contributed by atoms with Gasteiger partial charge in [-0.3, -0.25) is 4.90 Å². The van der Waals surface area contributed by atoms with Crippen LogP contribution < -0.4 is 5.73 Å². The summed E-state index contributed by atoms with van der Waals surface area (Å²) in [6, 6.07) is 0.485. The molecule has 16 heavy (non-hydrogen) atoms. The quantitative estimate of drug-likeness (QED) is 0.320. The number of hydrogen-bond donors (Lipinski definition) is 2. The van der Waals surface area contributed by atoms with Crippen molar-refractivity contribution in [3.8, 4) is 0 Å². The van der Waals surface area contributed by atoms with Crippen LogP contribution in [-0.4, -0.2) is 48.3 Å². The van der Waals surface area contributed by atoms with Gasteiger partial charge in [0, 0.05) is 25.6 Å². The molecule has 3 N–H and O–H groups in total. The number of morpholine rings is 1. The van der Waals surface area contributed by atoms with Crippen LogP contribution in [0.4, 0.5) is 0 Å². The minimum atomic E-state index is 0.266. The molecule has 5 heteroatoms. The topological polar surface area (TPSA) is 71.1 Å². The summed E-state index contributed by atoms with van der Waals surface area (Å²) in [6.07, 6.45) is 3.09. The van der Waals surface area contributed by atoms with Gasteiger partial charge in [0.05, 0.1) is 13.2 Å². The zero-order valence-corrected chi connectivity index (χ0v) is 9.85. The molecule has 1 aliphatic heterocycles. The predicted octanol–water partition coefficient (Wildman–Crippen LogP) is 0.624. The van der Waals surface area contributed by atoms with E-state index in [9.17, 15) is 0 Å². The van der Waals surface area contributed by atoms with Gasteiger partial charge in [-0.2, -0.15) is 0 Å². The molecule has 0 aromatic rings. The second-order valence-electron chi connectivity index (χ2n) is 5.16. The Morgan fingerprint density at radius 2 is 2.38 bits per heavy atom. The monoisotopic (exact) mass is 227 g/mol. The number of oxime groups is 1. The zero-order valence-electron chi connectivity index (χ0n) is 9.85. The maximum absolute atomic E-state index is 8.61. The van der Waals surface area contributed by atoms with Crippen LogP contribution >= 0.6 is 0 Å². The summed E-state index contributed by atoms with van der Waals surface area (Å²) in [7, 11) is 0. The molecule has 1 heterocycles. The summed E-state index contributed by atoms with van der Waals surface area (Å²) >= 11 is 0. The van der Waals surface area contributed by atoms with E-state index in [1.807, 2.05) is 0 Å². The number of rotatable bonds is 4. The Kier molecular flexibility index (Phi) is 3.35. The van der Waals surface area contributed by atoms with Gasteiger partial charge in [-0.1, -0.05) is 5.16 Å². The third-order valence-corrected chi connectivity index (χ3v) is 3.69. The van der Waals surface area contributed by atoms with Crippen LogP contribution in [0.1, 0.15) is 26.2 Å². The van der Waals surface area contributed by atoms with Gasteiger partial charge in [-0.25, -0.2) is 0 Å². The summed E-state index contributed by atoms with van der Waals surface area (Å²) in [5.74, 6) is 0.360. The molecule has 2 rings (SSSR count). The van der Waals surface area contributed by atoms with E-state index in [0.717, 1.165) is 26.3 Å². The molecule has 0 radical (unpaired) electrons. The van der Waals surface area contributed by atoms with Crippen molar-refractivity contribution in [2.75, 3.05) is 26.3 Å². The Labute approximate surface area is 96.2 Å². The van der Waals surface area contributed by atoms with Crippen molar-refractivity contribution in [2.45, 2.75) is 32.2 Å². The highest BCUT2D eigenvalue weighted by Crippen LogP contribution is 2.49. The Bertz CT molecular complexity index is 276. The van der Waals surface area contributed by atoms with Crippen LogP contribution in [0.5, 0.6) is 0 Å². The molecule has 0 amide bonds.